The van der Waals surface area contributed by atoms with Crippen molar-refractivity contribution in [2.45, 2.75) is 40.7 Å². The van der Waals surface area contributed by atoms with Gasteiger partial charge >= 0.3 is 0 Å². The fraction of sp³-hybridized carbons (Fsp3) is 0.615. The second-order valence-corrected chi connectivity index (χ2v) is 4.79. The monoisotopic (exact) mass is 265 g/mol. The summed E-state index contributed by atoms with van der Waals surface area (Å²) in [4.78, 5) is 21.9. The number of nitrogens with two attached hydrogens (primary N) is 1. The molecule has 0 aliphatic carbocycles. The van der Waals surface area contributed by atoms with Crippen LogP contribution in [-0.4, -0.2) is 35.0 Å². The topological polar surface area (TPSA) is 84.1 Å². The van der Waals surface area contributed by atoms with Crippen molar-refractivity contribution in [3.63, 3.8) is 0 Å². The Bertz CT molecular complexity index is 459. The van der Waals surface area contributed by atoms with E-state index in [-0.39, 0.29) is 18.5 Å². The number of hydrogen-bond acceptors (Lipinski definition) is 5. The molecule has 0 bridgehead atoms. The average Bonchev–Trinajstić information content (AvgIpc) is 2.30. The maximum atomic E-state index is 11.2. The first-order valence-electron chi connectivity index (χ1n) is 6.50. The van der Waals surface area contributed by atoms with E-state index in [0.717, 1.165) is 23.7 Å². The summed E-state index contributed by atoms with van der Waals surface area (Å²) in [6.07, 6.45) is 0. The first-order valence-corrected chi connectivity index (χ1v) is 6.50. The zero-order chi connectivity index (χ0) is 14.6. The molecule has 1 rings (SSSR count). The van der Waals surface area contributed by atoms with Gasteiger partial charge in [0.2, 0.25) is 5.91 Å². The Morgan fingerprint density at radius 3 is 2.47 bits per heavy atom. The highest BCUT2D eigenvalue weighted by molar-refractivity contribution is 5.80. The predicted octanol–water partition coefficient (Wildman–Crippen LogP) is 1.23. The van der Waals surface area contributed by atoms with E-state index < -0.39 is 0 Å². The molecule has 1 amide bonds. The Morgan fingerprint density at radius 2 is 2.00 bits per heavy atom. The van der Waals surface area contributed by atoms with Crippen LogP contribution in [0.4, 0.5) is 11.6 Å². The molecule has 6 nitrogen and oxygen atoms in total. The van der Waals surface area contributed by atoms with Crippen molar-refractivity contribution in [2.24, 2.45) is 5.73 Å². The minimum absolute atomic E-state index is 0.134. The Kier molecular flexibility index (Phi) is 5.09. The minimum atomic E-state index is -0.366. The number of primary amides is 1. The second kappa shape index (κ2) is 6.36. The van der Waals surface area contributed by atoms with E-state index in [1.165, 1.54) is 0 Å². The van der Waals surface area contributed by atoms with Gasteiger partial charge in [-0.2, -0.15) is 0 Å². The third-order valence-electron chi connectivity index (χ3n) is 2.80. The van der Waals surface area contributed by atoms with E-state index >= 15 is 0 Å². The van der Waals surface area contributed by atoms with Gasteiger partial charge < -0.3 is 16.0 Å². The molecule has 0 radical (unpaired) electrons. The van der Waals surface area contributed by atoms with Crippen molar-refractivity contribution >= 4 is 17.5 Å². The Morgan fingerprint density at radius 1 is 1.37 bits per heavy atom. The number of rotatable bonds is 6. The van der Waals surface area contributed by atoms with Crippen LogP contribution < -0.4 is 16.0 Å². The van der Waals surface area contributed by atoms with Crippen LogP contribution in [0, 0.1) is 13.8 Å². The van der Waals surface area contributed by atoms with Gasteiger partial charge in [-0.25, -0.2) is 9.97 Å². The summed E-state index contributed by atoms with van der Waals surface area (Å²) >= 11 is 0. The molecule has 1 aromatic heterocycles. The SMILES string of the molecule is CCNc1nc(C)nc(N(CC(N)=O)C(C)C)c1C. The van der Waals surface area contributed by atoms with Crippen molar-refractivity contribution < 1.29 is 4.79 Å². The van der Waals surface area contributed by atoms with Gasteiger partial charge in [0, 0.05) is 18.2 Å². The van der Waals surface area contributed by atoms with Crippen molar-refractivity contribution in [1.82, 2.24) is 9.97 Å². The summed E-state index contributed by atoms with van der Waals surface area (Å²) in [7, 11) is 0. The molecule has 0 saturated carbocycles. The summed E-state index contributed by atoms with van der Waals surface area (Å²) in [6.45, 7) is 10.8. The molecule has 0 aliphatic rings. The van der Waals surface area contributed by atoms with Gasteiger partial charge in [-0.3, -0.25) is 4.79 Å². The fourth-order valence-corrected chi connectivity index (χ4v) is 1.90. The highest BCUT2D eigenvalue weighted by atomic mass is 16.1. The van der Waals surface area contributed by atoms with Gasteiger partial charge in [-0.1, -0.05) is 0 Å². The molecule has 0 spiro atoms. The number of hydrogen-bond donors (Lipinski definition) is 2. The average molecular weight is 265 g/mol. The van der Waals surface area contributed by atoms with Crippen LogP contribution in [0.25, 0.3) is 0 Å². The highest BCUT2D eigenvalue weighted by Crippen LogP contribution is 2.24. The lowest BCUT2D eigenvalue weighted by molar-refractivity contribution is -0.116. The molecule has 3 N–H and O–H groups in total. The molecule has 106 valence electrons. The lowest BCUT2D eigenvalue weighted by Gasteiger charge is -2.28. The summed E-state index contributed by atoms with van der Waals surface area (Å²) in [6, 6.07) is 0.134. The normalized spacial score (nSPS) is 10.6. The molecule has 0 unspecified atom stereocenters. The summed E-state index contributed by atoms with van der Waals surface area (Å²) in [5.41, 5.74) is 6.25. The van der Waals surface area contributed by atoms with Gasteiger partial charge in [-0.15, -0.1) is 0 Å². The lowest BCUT2D eigenvalue weighted by atomic mass is 10.2. The zero-order valence-electron chi connectivity index (χ0n) is 12.3. The summed E-state index contributed by atoms with van der Waals surface area (Å²) in [5, 5.41) is 3.21. The third-order valence-corrected chi connectivity index (χ3v) is 2.80. The molecule has 0 saturated heterocycles. The molecule has 0 atom stereocenters. The van der Waals surface area contributed by atoms with E-state index in [4.69, 9.17) is 5.73 Å². The van der Waals surface area contributed by atoms with Gasteiger partial charge in [0.05, 0.1) is 6.54 Å². The standard InChI is InChI=1S/C13H23N5O/c1-6-15-12-9(4)13(17-10(5)16-12)18(8(2)3)7-11(14)19/h8H,6-7H2,1-5H3,(H2,14,19)(H,15,16,17). The van der Waals surface area contributed by atoms with Crippen LogP contribution in [0.15, 0.2) is 0 Å². The molecular weight excluding hydrogens is 242 g/mol. The van der Waals surface area contributed by atoms with Crippen molar-refractivity contribution in [3.8, 4) is 0 Å². The fourth-order valence-electron chi connectivity index (χ4n) is 1.90. The number of nitrogens with one attached hydrogen (secondary N) is 1. The van der Waals surface area contributed by atoms with E-state index in [1.54, 1.807) is 0 Å². The third kappa shape index (κ3) is 3.81. The summed E-state index contributed by atoms with van der Waals surface area (Å²) in [5.74, 6) is 1.87. The van der Waals surface area contributed by atoms with Gasteiger partial charge in [0.1, 0.15) is 17.5 Å². The molecule has 0 fully saturated rings. The van der Waals surface area contributed by atoms with Crippen molar-refractivity contribution in [3.05, 3.63) is 11.4 Å². The molecular formula is C13H23N5O. The van der Waals surface area contributed by atoms with E-state index in [2.05, 4.69) is 15.3 Å². The number of nitrogens with zero attached hydrogens (tertiary/aromatic N) is 3. The first-order chi connectivity index (χ1) is 8.86. The maximum absolute atomic E-state index is 11.2. The quantitative estimate of drug-likeness (QED) is 0.808. The number of aromatic nitrogens is 2. The minimum Gasteiger partial charge on any atom is -0.370 e. The number of carbonyl (C=O) groups excluding carboxylic acids is 1. The smallest absolute Gasteiger partial charge is 0.237 e. The number of carbonyl (C=O) groups is 1. The highest BCUT2D eigenvalue weighted by Gasteiger charge is 2.19. The maximum Gasteiger partial charge on any atom is 0.237 e. The number of amides is 1. The Hall–Kier alpha value is -1.85. The van der Waals surface area contributed by atoms with Gasteiger partial charge in [-0.05, 0) is 34.6 Å². The van der Waals surface area contributed by atoms with Gasteiger partial charge in [0.15, 0.2) is 0 Å². The molecule has 0 aliphatic heterocycles. The van der Waals surface area contributed by atoms with Crippen LogP contribution in [0.2, 0.25) is 0 Å². The number of anilines is 2. The molecule has 0 aromatic carbocycles. The van der Waals surface area contributed by atoms with Crippen LogP contribution in [0.1, 0.15) is 32.2 Å². The van der Waals surface area contributed by atoms with Crippen molar-refractivity contribution in [1.29, 1.82) is 0 Å². The Labute approximate surface area is 114 Å². The van der Waals surface area contributed by atoms with Crippen molar-refractivity contribution in [2.75, 3.05) is 23.3 Å². The van der Waals surface area contributed by atoms with Crippen LogP contribution in [0.5, 0.6) is 0 Å². The van der Waals surface area contributed by atoms with E-state index in [9.17, 15) is 4.79 Å². The largest absolute Gasteiger partial charge is 0.370 e. The van der Waals surface area contributed by atoms with Gasteiger partial charge in [0.25, 0.3) is 0 Å². The molecule has 6 heteroatoms. The first kappa shape index (κ1) is 15.2. The Balaban J connectivity index is 3.25. The van der Waals surface area contributed by atoms with Crippen LogP contribution >= 0.6 is 0 Å². The molecule has 19 heavy (non-hydrogen) atoms. The zero-order valence-corrected chi connectivity index (χ0v) is 12.3. The van der Waals surface area contributed by atoms with E-state index in [1.807, 2.05) is 39.5 Å². The lowest BCUT2D eigenvalue weighted by Crippen LogP contribution is -2.39. The van der Waals surface area contributed by atoms with Crippen LogP contribution in [0.3, 0.4) is 0 Å². The predicted molar refractivity (Wildman–Crippen MR) is 77.3 cm³/mol. The summed E-state index contributed by atoms with van der Waals surface area (Å²) < 4.78 is 0. The molecule has 1 aromatic rings. The molecule has 1 heterocycles. The van der Waals surface area contributed by atoms with Crippen LogP contribution in [-0.2, 0) is 4.79 Å². The number of aryl methyl sites for hydroxylation is 1. The second-order valence-electron chi connectivity index (χ2n) is 4.79. The van der Waals surface area contributed by atoms with E-state index in [0.29, 0.717) is 5.82 Å².